The van der Waals surface area contributed by atoms with Crippen LogP contribution in [0.4, 0.5) is 0 Å². The van der Waals surface area contributed by atoms with E-state index < -0.39 is 14.4 Å². The lowest BCUT2D eigenvalue weighted by Gasteiger charge is -2.06. The summed E-state index contributed by atoms with van der Waals surface area (Å²) in [7, 11) is -2.60. The van der Waals surface area contributed by atoms with Gasteiger partial charge in [-0.15, -0.1) is 9.42 Å². The summed E-state index contributed by atoms with van der Waals surface area (Å²) in [6.07, 6.45) is -0.505. The van der Waals surface area contributed by atoms with Crippen molar-refractivity contribution in [3.63, 3.8) is 0 Å². The van der Waals surface area contributed by atoms with E-state index in [4.69, 9.17) is 15.2 Å². The molecule has 0 saturated carbocycles. The zero-order valence-corrected chi connectivity index (χ0v) is 7.85. The van der Waals surface area contributed by atoms with Crippen LogP contribution >= 0.6 is 8.25 Å². The fraction of sp³-hybridized carbons (Fsp3) is 0.250. The summed E-state index contributed by atoms with van der Waals surface area (Å²) in [6, 6.07) is 9.11. The van der Waals surface area contributed by atoms with Gasteiger partial charge in [0.1, 0.15) is 0 Å². The Labute approximate surface area is 77.3 Å². The predicted molar refractivity (Wildman–Crippen MR) is 49.1 cm³/mol. The van der Waals surface area contributed by atoms with Gasteiger partial charge < -0.3 is 5.73 Å². The second-order valence-electron chi connectivity index (χ2n) is 2.48. The standard InChI is InChI=1S/C8H10NO3P/c9-6-8(12-13(10)11)7-4-2-1-3-5-7/h1-5,8H,6,9H2/p+1. The maximum atomic E-state index is 10.4. The molecular formula is C8H11NO3P+. The SMILES string of the molecule is NCC(O[P+](=O)O)c1ccccc1. The lowest BCUT2D eigenvalue weighted by molar-refractivity contribution is 0.198. The van der Waals surface area contributed by atoms with Crippen molar-refractivity contribution in [3.05, 3.63) is 35.9 Å². The number of hydrogen-bond donors (Lipinski definition) is 2. The molecule has 0 fully saturated rings. The van der Waals surface area contributed by atoms with Gasteiger partial charge in [0.25, 0.3) is 0 Å². The summed E-state index contributed by atoms with van der Waals surface area (Å²) in [5.74, 6) is 0. The Balaban J connectivity index is 2.73. The minimum Gasteiger partial charge on any atom is -0.328 e. The number of hydrogen-bond acceptors (Lipinski definition) is 3. The molecule has 0 saturated heterocycles. The quantitative estimate of drug-likeness (QED) is 0.719. The van der Waals surface area contributed by atoms with Gasteiger partial charge in [-0.25, -0.2) is 0 Å². The van der Waals surface area contributed by atoms with Crippen LogP contribution in [0.1, 0.15) is 11.7 Å². The molecule has 2 unspecified atom stereocenters. The fourth-order valence-corrected chi connectivity index (χ4v) is 1.44. The zero-order valence-electron chi connectivity index (χ0n) is 6.96. The van der Waals surface area contributed by atoms with Crippen molar-refractivity contribution in [1.82, 2.24) is 0 Å². The Bertz CT molecular complexity index is 278. The van der Waals surface area contributed by atoms with E-state index in [2.05, 4.69) is 0 Å². The highest BCUT2D eigenvalue weighted by atomic mass is 31.1. The van der Waals surface area contributed by atoms with E-state index >= 15 is 0 Å². The molecule has 0 aliphatic carbocycles. The first-order valence-electron chi connectivity index (χ1n) is 3.82. The van der Waals surface area contributed by atoms with E-state index in [-0.39, 0.29) is 6.54 Å². The van der Waals surface area contributed by atoms with Gasteiger partial charge in [-0.1, -0.05) is 30.3 Å². The van der Waals surface area contributed by atoms with Crippen molar-refractivity contribution in [1.29, 1.82) is 0 Å². The Morgan fingerprint density at radius 3 is 2.54 bits per heavy atom. The first kappa shape index (κ1) is 10.3. The summed E-state index contributed by atoms with van der Waals surface area (Å²) < 4.78 is 15.1. The highest BCUT2D eigenvalue weighted by molar-refractivity contribution is 7.32. The van der Waals surface area contributed by atoms with Crippen LogP contribution in [0, 0.1) is 0 Å². The Hall–Kier alpha value is -0.800. The molecular weight excluding hydrogens is 189 g/mol. The molecule has 5 heteroatoms. The van der Waals surface area contributed by atoms with Crippen LogP contribution in [0.25, 0.3) is 0 Å². The molecule has 0 aliphatic heterocycles. The minimum absolute atomic E-state index is 0.186. The van der Waals surface area contributed by atoms with Gasteiger partial charge in [-0.3, -0.25) is 0 Å². The van der Waals surface area contributed by atoms with Crippen LogP contribution in [-0.4, -0.2) is 11.4 Å². The summed E-state index contributed by atoms with van der Waals surface area (Å²) in [5, 5.41) is 0. The number of benzene rings is 1. The predicted octanol–water partition coefficient (Wildman–Crippen LogP) is 1.35. The molecule has 0 amide bonds. The second kappa shape index (κ2) is 5.04. The largest absolute Gasteiger partial charge is 0.695 e. The van der Waals surface area contributed by atoms with Crippen molar-refractivity contribution in [3.8, 4) is 0 Å². The average Bonchev–Trinajstić information content (AvgIpc) is 2.15. The lowest BCUT2D eigenvalue weighted by Crippen LogP contribution is -2.13. The third kappa shape index (κ3) is 3.20. The third-order valence-corrected chi connectivity index (χ3v) is 2.04. The highest BCUT2D eigenvalue weighted by Gasteiger charge is 2.22. The van der Waals surface area contributed by atoms with E-state index in [1.165, 1.54) is 0 Å². The maximum Gasteiger partial charge on any atom is 0.695 e. The molecule has 0 bridgehead atoms. The topological polar surface area (TPSA) is 72.5 Å². The van der Waals surface area contributed by atoms with E-state index in [0.717, 1.165) is 5.56 Å². The molecule has 0 radical (unpaired) electrons. The molecule has 0 spiro atoms. The first-order chi connectivity index (χ1) is 6.24. The lowest BCUT2D eigenvalue weighted by atomic mass is 10.1. The van der Waals surface area contributed by atoms with Gasteiger partial charge in [0.15, 0.2) is 6.10 Å². The Kier molecular flexibility index (Phi) is 3.99. The maximum absolute atomic E-state index is 10.4. The smallest absolute Gasteiger partial charge is 0.328 e. The molecule has 4 nitrogen and oxygen atoms in total. The summed E-state index contributed by atoms with van der Waals surface area (Å²) in [5.41, 5.74) is 6.20. The van der Waals surface area contributed by atoms with Crippen molar-refractivity contribution in [2.45, 2.75) is 6.10 Å². The van der Waals surface area contributed by atoms with Crippen LogP contribution < -0.4 is 5.73 Å². The van der Waals surface area contributed by atoms with Gasteiger partial charge in [-0.05, 0) is 5.56 Å². The fourth-order valence-electron chi connectivity index (χ4n) is 1.02. The van der Waals surface area contributed by atoms with Crippen molar-refractivity contribution in [2.24, 2.45) is 5.73 Å². The summed E-state index contributed by atoms with van der Waals surface area (Å²) in [6.45, 7) is 0.186. The van der Waals surface area contributed by atoms with E-state index in [9.17, 15) is 4.57 Å². The van der Waals surface area contributed by atoms with Crippen molar-refractivity contribution < 1.29 is 14.0 Å². The van der Waals surface area contributed by atoms with Gasteiger partial charge in [0, 0.05) is 11.1 Å². The Morgan fingerprint density at radius 1 is 1.46 bits per heavy atom. The second-order valence-corrected chi connectivity index (χ2v) is 3.16. The van der Waals surface area contributed by atoms with Crippen LogP contribution in [0.15, 0.2) is 30.3 Å². The molecule has 1 aromatic rings. The third-order valence-electron chi connectivity index (χ3n) is 1.60. The summed E-state index contributed by atoms with van der Waals surface area (Å²) in [4.78, 5) is 8.55. The molecule has 1 rings (SSSR count). The highest BCUT2D eigenvalue weighted by Crippen LogP contribution is 2.27. The van der Waals surface area contributed by atoms with Gasteiger partial charge in [0.2, 0.25) is 0 Å². The normalized spacial score (nSPS) is 13.8. The van der Waals surface area contributed by atoms with Crippen molar-refractivity contribution in [2.75, 3.05) is 6.54 Å². The molecule has 3 N–H and O–H groups in total. The number of nitrogens with two attached hydrogens (primary N) is 1. The van der Waals surface area contributed by atoms with Gasteiger partial charge >= 0.3 is 8.25 Å². The van der Waals surface area contributed by atoms with Crippen LogP contribution in [0.2, 0.25) is 0 Å². The molecule has 0 aromatic heterocycles. The summed E-state index contributed by atoms with van der Waals surface area (Å²) >= 11 is 0. The molecule has 13 heavy (non-hydrogen) atoms. The molecule has 2 atom stereocenters. The van der Waals surface area contributed by atoms with Crippen LogP contribution in [0.5, 0.6) is 0 Å². The van der Waals surface area contributed by atoms with Crippen molar-refractivity contribution >= 4 is 8.25 Å². The number of rotatable bonds is 4. The molecule has 1 aromatic carbocycles. The monoisotopic (exact) mass is 200 g/mol. The van der Waals surface area contributed by atoms with Gasteiger partial charge in [0.05, 0.1) is 0 Å². The van der Waals surface area contributed by atoms with E-state index in [1.807, 2.05) is 18.2 Å². The minimum atomic E-state index is -2.60. The van der Waals surface area contributed by atoms with Gasteiger partial charge in [-0.2, -0.15) is 0 Å². The molecule has 0 aliphatic rings. The van der Waals surface area contributed by atoms with E-state index in [0.29, 0.717) is 0 Å². The average molecular weight is 200 g/mol. The van der Waals surface area contributed by atoms with Crippen LogP contribution in [0.3, 0.4) is 0 Å². The van der Waals surface area contributed by atoms with Crippen LogP contribution in [-0.2, 0) is 9.09 Å². The molecule has 0 heterocycles. The first-order valence-corrected chi connectivity index (χ1v) is 4.95. The van der Waals surface area contributed by atoms with E-state index in [1.54, 1.807) is 12.1 Å². The molecule has 70 valence electrons. The zero-order chi connectivity index (χ0) is 9.68. The Morgan fingerprint density at radius 2 is 2.08 bits per heavy atom.